The standard InChI is InChI=1S/C20H22N2O6/c1-2-28-18(23)11-16-12-21(19(24)25)22(20(26)27)17(16)10-13-7-8-14-5-3-4-6-15(14)9-13/h3-9,16-17H,2,10-12H2,1H3,(H,24,25)(H,26,27)/t16-,17+/m0/s1. The van der Waals surface area contributed by atoms with Crippen molar-refractivity contribution >= 4 is 28.9 Å². The Morgan fingerprint density at radius 2 is 1.79 bits per heavy atom. The van der Waals surface area contributed by atoms with E-state index >= 15 is 0 Å². The number of carbonyl (C=O) groups excluding carboxylic acids is 1. The number of hydrazine groups is 1. The van der Waals surface area contributed by atoms with E-state index in [0.717, 1.165) is 26.4 Å². The van der Waals surface area contributed by atoms with Crippen LogP contribution in [0.5, 0.6) is 0 Å². The molecule has 1 aliphatic rings. The summed E-state index contributed by atoms with van der Waals surface area (Å²) < 4.78 is 4.98. The van der Waals surface area contributed by atoms with Crippen molar-refractivity contribution in [2.75, 3.05) is 13.2 Å². The summed E-state index contributed by atoms with van der Waals surface area (Å²) in [7, 11) is 0. The van der Waals surface area contributed by atoms with Gasteiger partial charge >= 0.3 is 18.2 Å². The second-order valence-electron chi connectivity index (χ2n) is 6.71. The van der Waals surface area contributed by atoms with Gasteiger partial charge in [-0.25, -0.2) is 19.6 Å². The first-order chi connectivity index (χ1) is 13.4. The van der Waals surface area contributed by atoms with Crippen LogP contribution in [0.25, 0.3) is 10.8 Å². The van der Waals surface area contributed by atoms with Crippen molar-refractivity contribution in [1.29, 1.82) is 0 Å². The fourth-order valence-corrected chi connectivity index (χ4v) is 3.72. The number of carboxylic acid groups (broad SMARTS) is 2. The fraction of sp³-hybridized carbons (Fsp3) is 0.350. The summed E-state index contributed by atoms with van der Waals surface area (Å²) in [4.78, 5) is 35.3. The molecule has 0 unspecified atom stereocenters. The van der Waals surface area contributed by atoms with Crippen LogP contribution in [0.3, 0.4) is 0 Å². The van der Waals surface area contributed by atoms with Gasteiger partial charge in [-0.05, 0) is 29.7 Å². The molecule has 2 N–H and O–H groups in total. The summed E-state index contributed by atoms with van der Waals surface area (Å²) in [6, 6.07) is 12.9. The molecule has 148 valence electrons. The van der Waals surface area contributed by atoms with Gasteiger partial charge in [-0.1, -0.05) is 42.5 Å². The molecule has 1 fully saturated rings. The quantitative estimate of drug-likeness (QED) is 0.764. The third-order valence-electron chi connectivity index (χ3n) is 4.94. The van der Waals surface area contributed by atoms with E-state index in [1.54, 1.807) is 6.92 Å². The number of hydrogen-bond donors (Lipinski definition) is 2. The first kappa shape index (κ1) is 19.5. The molecule has 1 saturated heterocycles. The van der Waals surface area contributed by atoms with Gasteiger partial charge in [0.25, 0.3) is 0 Å². The Hall–Kier alpha value is -3.29. The second-order valence-corrected chi connectivity index (χ2v) is 6.71. The Bertz CT molecular complexity index is 899. The summed E-state index contributed by atoms with van der Waals surface area (Å²) >= 11 is 0. The molecule has 1 aliphatic heterocycles. The van der Waals surface area contributed by atoms with Crippen LogP contribution in [0.15, 0.2) is 42.5 Å². The van der Waals surface area contributed by atoms with Gasteiger partial charge < -0.3 is 14.9 Å². The third-order valence-corrected chi connectivity index (χ3v) is 4.94. The van der Waals surface area contributed by atoms with Crippen LogP contribution in [0.2, 0.25) is 0 Å². The second kappa shape index (κ2) is 8.16. The van der Waals surface area contributed by atoms with Crippen LogP contribution >= 0.6 is 0 Å². The van der Waals surface area contributed by atoms with Crippen LogP contribution < -0.4 is 0 Å². The normalized spacial score (nSPS) is 19.0. The van der Waals surface area contributed by atoms with Gasteiger partial charge in [-0.3, -0.25) is 4.79 Å². The predicted molar refractivity (Wildman–Crippen MR) is 101 cm³/mol. The van der Waals surface area contributed by atoms with E-state index in [-0.39, 0.29) is 19.6 Å². The number of fused-ring (bicyclic) bond motifs is 1. The van der Waals surface area contributed by atoms with Gasteiger partial charge in [0.1, 0.15) is 0 Å². The lowest BCUT2D eigenvalue weighted by Gasteiger charge is -2.28. The zero-order valence-corrected chi connectivity index (χ0v) is 15.4. The highest BCUT2D eigenvalue weighted by Gasteiger charge is 2.46. The SMILES string of the molecule is CCOC(=O)C[C@H]1CN(C(=O)O)N(C(=O)O)[C@@H]1Cc1ccc2ccccc2c1. The summed E-state index contributed by atoms with van der Waals surface area (Å²) in [5.74, 6) is -0.952. The summed E-state index contributed by atoms with van der Waals surface area (Å²) in [5, 5.41) is 22.7. The van der Waals surface area contributed by atoms with Gasteiger partial charge in [-0.2, -0.15) is 0 Å². The molecular formula is C20H22N2O6. The van der Waals surface area contributed by atoms with Gasteiger partial charge in [0.05, 0.1) is 25.6 Å². The first-order valence-electron chi connectivity index (χ1n) is 9.06. The van der Waals surface area contributed by atoms with Crippen LogP contribution in [0.1, 0.15) is 18.9 Å². The van der Waals surface area contributed by atoms with Gasteiger partial charge in [-0.15, -0.1) is 0 Å². The molecule has 2 amide bonds. The molecule has 0 aromatic heterocycles. The van der Waals surface area contributed by atoms with Crippen molar-refractivity contribution in [2.24, 2.45) is 5.92 Å². The minimum Gasteiger partial charge on any atom is -0.466 e. The lowest BCUT2D eigenvalue weighted by atomic mass is 9.91. The number of benzene rings is 2. The molecule has 8 heteroatoms. The van der Waals surface area contributed by atoms with Gasteiger partial charge in [0, 0.05) is 5.92 Å². The molecule has 0 bridgehead atoms. The molecule has 28 heavy (non-hydrogen) atoms. The van der Waals surface area contributed by atoms with Crippen molar-refractivity contribution in [2.45, 2.75) is 25.8 Å². The highest BCUT2D eigenvalue weighted by atomic mass is 16.5. The summed E-state index contributed by atoms with van der Waals surface area (Å²) in [6.45, 7) is 1.83. The predicted octanol–water partition coefficient (Wildman–Crippen LogP) is 3.21. The number of rotatable bonds is 5. The molecule has 3 rings (SSSR count). The average molecular weight is 386 g/mol. The third kappa shape index (κ3) is 4.00. The van der Waals surface area contributed by atoms with Crippen LogP contribution in [0.4, 0.5) is 9.59 Å². The lowest BCUT2D eigenvalue weighted by Crippen LogP contribution is -2.48. The molecule has 0 aliphatic carbocycles. The smallest absolute Gasteiger partial charge is 0.426 e. The van der Waals surface area contributed by atoms with Crippen LogP contribution in [0, 0.1) is 5.92 Å². The monoisotopic (exact) mass is 386 g/mol. The van der Waals surface area contributed by atoms with E-state index in [0.29, 0.717) is 6.42 Å². The Morgan fingerprint density at radius 3 is 2.43 bits per heavy atom. The zero-order chi connectivity index (χ0) is 20.3. The van der Waals surface area contributed by atoms with Crippen molar-refractivity contribution in [3.05, 3.63) is 48.0 Å². The van der Waals surface area contributed by atoms with E-state index in [4.69, 9.17) is 4.74 Å². The highest BCUT2D eigenvalue weighted by Crippen LogP contribution is 2.31. The molecule has 2 aromatic rings. The summed E-state index contributed by atoms with van der Waals surface area (Å²) in [6.07, 6.45) is -2.47. The molecule has 1 heterocycles. The summed E-state index contributed by atoms with van der Waals surface area (Å²) in [5.41, 5.74) is 0.871. The molecule has 2 aromatic carbocycles. The molecule has 0 spiro atoms. The molecular weight excluding hydrogens is 364 g/mol. The van der Waals surface area contributed by atoms with E-state index < -0.39 is 30.1 Å². The zero-order valence-electron chi connectivity index (χ0n) is 15.4. The molecule has 0 radical (unpaired) electrons. The van der Waals surface area contributed by atoms with E-state index in [1.165, 1.54) is 0 Å². The maximum absolute atomic E-state index is 12.0. The number of nitrogens with zero attached hydrogens (tertiary/aromatic N) is 2. The lowest BCUT2D eigenvalue weighted by molar-refractivity contribution is -0.144. The Balaban J connectivity index is 1.91. The van der Waals surface area contributed by atoms with Crippen molar-refractivity contribution < 1.29 is 29.3 Å². The van der Waals surface area contributed by atoms with Crippen molar-refractivity contribution in [1.82, 2.24) is 10.0 Å². The minimum absolute atomic E-state index is 0.0420. The number of esters is 1. The fourth-order valence-electron chi connectivity index (χ4n) is 3.72. The number of hydrogen-bond acceptors (Lipinski definition) is 4. The Kier molecular flexibility index (Phi) is 5.67. The minimum atomic E-state index is -1.36. The van der Waals surface area contributed by atoms with Gasteiger partial charge in [0.2, 0.25) is 0 Å². The molecule has 2 atom stereocenters. The van der Waals surface area contributed by atoms with E-state index in [1.807, 2.05) is 42.5 Å². The maximum Gasteiger partial charge on any atom is 0.426 e. The van der Waals surface area contributed by atoms with Gasteiger partial charge in [0.15, 0.2) is 0 Å². The average Bonchev–Trinajstić information content (AvgIpc) is 3.00. The molecule has 8 nitrogen and oxygen atoms in total. The van der Waals surface area contributed by atoms with E-state index in [2.05, 4.69) is 0 Å². The topological polar surface area (TPSA) is 107 Å². The maximum atomic E-state index is 12.0. The van der Waals surface area contributed by atoms with Crippen molar-refractivity contribution in [3.8, 4) is 0 Å². The number of carbonyl (C=O) groups is 3. The van der Waals surface area contributed by atoms with E-state index in [9.17, 15) is 24.6 Å². The number of amides is 2. The largest absolute Gasteiger partial charge is 0.466 e. The van der Waals surface area contributed by atoms with Crippen LogP contribution in [-0.4, -0.2) is 57.6 Å². The number of ether oxygens (including phenoxy) is 1. The molecule has 0 saturated carbocycles. The van der Waals surface area contributed by atoms with Crippen molar-refractivity contribution in [3.63, 3.8) is 0 Å². The van der Waals surface area contributed by atoms with Crippen LogP contribution in [-0.2, 0) is 16.0 Å². The Labute approximate surface area is 161 Å². The Morgan fingerprint density at radius 1 is 1.07 bits per heavy atom. The first-order valence-corrected chi connectivity index (χ1v) is 9.06. The highest BCUT2D eigenvalue weighted by molar-refractivity contribution is 5.83.